The second kappa shape index (κ2) is 8.06. The number of nitrogens with zero attached hydrogens (tertiary/aromatic N) is 5. The number of para-hydroxylation sites is 1. The van der Waals surface area contributed by atoms with E-state index in [0.29, 0.717) is 12.0 Å². The molecule has 0 spiro atoms. The average molecular weight is 368 g/mol. The smallest absolute Gasteiger partial charge is 0.250 e. The molecule has 4 rings (SSSR count). The third kappa shape index (κ3) is 3.96. The van der Waals surface area contributed by atoms with Gasteiger partial charge in [0.15, 0.2) is 0 Å². The number of piperidine rings is 1. The van der Waals surface area contributed by atoms with Gasteiger partial charge < -0.3 is 10.2 Å². The Kier molecular flexibility index (Phi) is 5.36. The lowest BCUT2D eigenvalue weighted by molar-refractivity contribution is -0.126. The second-order valence-electron chi connectivity index (χ2n) is 7.86. The summed E-state index contributed by atoms with van der Waals surface area (Å²) in [6.07, 6.45) is 6.56. The molecular weight excluding hydrogens is 340 g/mol. The van der Waals surface area contributed by atoms with Crippen molar-refractivity contribution in [3.05, 3.63) is 30.3 Å². The van der Waals surface area contributed by atoms with Crippen LogP contribution in [0.15, 0.2) is 30.3 Å². The summed E-state index contributed by atoms with van der Waals surface area (Å²) in [5.74, 6) is 1.67. The van der Waals surface area contributed by atoms with Gasteiger partial charge >= 0.3 is 0 Å². The van der Waals surface area contributed by atoms with E-state index in [0.717, 1.165) is 44.0 Å². The standard InChI is InChI=1S/C20H28N6O/c1-15-7-5-6-10-18(15)21-19(27)16-11-13-25(14-12-16)20-22-23-24-26(20)17-8-3-2-4-9-17/h2-4,8-9,15-16,18H,5-7,10-14H2,1H3,(H,21,27). The van der Waals surface area contributed by atoms with Gasteiger partial charge in [-0.2, -0.15) is 4.68 Å². The maximum Gasteiger partial charge on any atom is 0.250 e. The van der Waals surface area contributed by atoms with Gasteiger partial charge in [-0.1, -0.05) is 43.1 Å². The third-order valence-corrected chi connectivity index (χ3v) is 6.04. The van der Waals surface area contributed by atoms with Crippen molar-refractivity contribution in [2.75, 3.05) is 18.0 Å². The number of amides is 1. The lowest BCUT2D eigenvalue weighted by atomic mass is 9.85. The highest BCUT2D eigenvalue weighted by molar-refractivity contribution is 5.79. The Morgan fingerprint density at radius 3 is 2.56 bits per heavy atom. The van der Waals surface area contributed by atoms with Crippen molar-refractivity contribution in [3.63, 3.8) is 0 Å². The van der Waals surface area contributed by atoms with Gasteiger partial charge in [-0.15, -0.1) is 0 Å². The van der Waals surface area contributed by atoms with Gasteiger partial charge in [0.05, 0.1) is 5.69 Å². The number of nitrogens with one attached hydrogen (secondary N) is 1. The molecule has 1 aliphatic heterocycles. The van der Waals surface area contributed by atoms with Gasteiger partial charge in [-0.3, -0.25) is 4.79 Å². The van der Waals surface area contributed by atoms with Crippen molar-refractivity contribution in [2.24, 2.45) is 11.8 Å². The Labute approximate surface area is 160 Å². The molecule has 2 heterocycles. The number of carbonyl (C=O) groups excluding carboxylic acids is 1. The quantitative estimate of drug-likeness (QED) is 0.898. The molecule has 1 amide bonds. The molecule has 27 heavy (non-hydrogen) atoms. The topological polar surface area (TPSA) is 75.9 Å². The number of hydrogen-bond acceptors (Lipinski definition) is 5. The first kappa shape index (κ1) is 17.9. The van der Waals surface area contributed by atoms with E-state index in [9.17, 15) is 4.79 Å². The molecule has 0 bridgehead atoms. The number of tetrazole rings is 1. The minimum absolute atomic E-state index is 0.0939. The fourth-order valence-corrected chi connectivity index (χ4v) is 4.29. The molecule has 7 heteroatoms. The number of carbonyl (C=O) groups is 1. The zero-order valence-electron chi connectivity index (χ0n) is 15.9. The third-order valence-electron chi connectivity index (χ3n) is 6.04. The molecule has 2 atom stereocenters. The highest BCUT2D eigenvalue weighted by atomic mass is 16.2. The summed E-state index contributed by atoms with van der Waals surface area (Å²) in [6, 6.07) is 10.3. The molecular formula is C20H28N6O. The molecule has 2 fully saturated rings. The van der Waals surface area contributed by atoms with Crippen molar-refractivity contribution in [3.8, 4) is 5.69 Å². The summed E-state index contributed by atoms with van der Waals surface area (Å²) in [5, 5.41) is 15.5. The maximum atomic E-state index is 12.7. The second-order valence-corrected chi connectivity index (χ2v) is 7.86. The van der Waals surface area contributed by atoms with E-state index in [4.69, 9.17) is 0 Å². The molecule has 1 saturated carbocycles. The summed E-state index contributed by atoms with van der Waals surface area (Å²) < 4.78 is 1.77. The van der Waals surface area contributed by atoms with Crippen LogP contribution in [0, 0.1) is 11.8 Å². The van der Waals surface area contributed by atoms with Crippen molar-refractivity contribution < 1.29 is 4.79 Å². The van der Waals surface area contributed by atoms with Gasteiger partial charge in [-0.25, -0.2) is 0 Å². The SMILES string of the molecule is CC1CCCCC1NC(=O)C1CCN(c2nnnn2-c2ccccc2)CC1. The Hall–Kier alpha value is -2.44. The molecule has 7 nitrogen and oxygen atoms in total. The summed E-state index contributed by atoms with van der Waals surface area (Å²) in [6.45, 7) is 3.85. The van der Waals surface area contributed by atoms with Crippen LogP contribution >= 0.6 is 0 Å². The monoisotopic (exact) mass is 368 g/mol. The van der Waals surface area contributed by atoms with E-state index in [1.165, 1.54) is 19.3 Å². The predicted molar refractivity (Wildman–Crippen MR) is 104 cm³/mol. The van der Waals surface area contributed by atoms with Gasteiger partial charge in [0.25, 0.3) is 0 Å². The Morgan fingerprint density at radius 1 is 1.07 bits per heavy atom. The highest BCUT2D eigenvalue weighted by Gasteiger charge is 2.30. The normalized spacial score (nSPS) is 24.0. The number of benzene rings is 1. The minimum atomic E-state index is 0.0939. The molecule has 1 saturated heterocycles. The number of rotatable bonds is 4. The van der Waals surface area contributed by atoms with Crippen LogP contribution in [0.1, 0.15) is 45.4 Å². The predicted octanol–water partition coefficient (Wildman–Crippen LogP) is 2.57. The van der Waals surface area contributed by atoms with Crippen LogP contribution in [0.4, 0.5) is 5.95 Å². The maximum absolute atomic E-state index is 12.7. The fraction of sp³-hybridized carbons (Fsp3) is 0.600. The summed E-state index contributed by atoms with van der Waals surface area (Å²) in [7, 11) is 0. The van der Waals surface area contributed by atoms with Crippen LogP contribution in [0.3, 0.4) is 0 Å². The van der Waals surface area contributed by atoms with Crippen LogP contribution in [0.25, 0.3) is 5.69 Å². The van der Waals surface area contributed by atoms with E-state index in [-0.39, 0.29) is 11.8 Å². The van der Waals surface area contributed by atoms with E-state index in [2.05, 4.69) is 32.7 Å². The molecule has 2 aliphatic rings. The van der Waals surface area contributed by atoms with Crippen LogP contribution in [0.2, 0.25) is 0 Å². The fourth-order valence-electron chi connectivity index (χ4n) is 4.29. The van der Waals surface area contributed by atoms with Crippen molar-refractivity contribution in [1.82, 2.24) is 25.5 Å². The molecule has 1 aliphatic carbocycles. The van der Waals surface area contributed by atoms with Gasteiger partial charge in [0, 0.05) is 25.0 Å². The van der Waals surface area contributed by atoms with Crippen molar-refractivity contribution in [2.45, 2.75) is 51.5 Å². The molecule has 144 valence electrons. The first-order valence-electron chi connectivity index (χ1n) is 10.1. The molecule has 1 aromatic carbocycles. The minimum Gasteiger partial charge on any atom is -0.353 e. The first-order valence-corrected chi connectivity index (χ1v) is 10.1. The van der Waals surface area contributed by atoms with Crippen molar-refractivity contribution in [1.29, 1.82) is 0 Å². The van der Waals surface area contributed by atoms with E-state index in [1.807, 2.05) is 30.3 Å². The number of anilines is 1. The lowest BCUT2D eigenvalue weighted by Crippen LogP contribution is -2.47. The molecule has 0 radical (unpaired) electrons. The Balaban J connectivity index is 1.36. The highest BCUT2D eigenvalue weighted by Crippen LogP contribution is 2.26. The molecule has 1 aromatic heterocycles. The lowest BCUT2D eigenvalue weighted by Gasteiger charge is -2.34. The van der Waals surface area contributed by atoms with Gasteiger partial charge in [0.2, 0.25) is 11.9 Å². The Bertz CT molecular complexity index is 753. The summed E-state index contributed by atoms with van der Waals surface area (Å²) in [4.78, 5) is 14.9. The largest absolute Gasteiger partial charge is 0.353 e. The van der Waals surface area contributed by atoms with E-state index >= 15 is 0 Å². The summed E-state index contributed by atoms with van der Waals surface area (Å²) in [5.41, 5.74) is 0.948. The molecule has 2 aromatic rings. The zero-order chi connectivity index (χ0) is 18.6. The van der Waals surface area contributed by atoms with E-state index < -0.39 is 0 Å². The Morgan fingerprint density at radius 2 is 1.81 bits per heavy atom. The number of aromatic nitrogens is 4. The van der Waals surface area contributed by atoms with Gasteiger partial charge in [0.1, 0.15) is 0 Å². The molecule has 1 N–H and O–H groups in total. The van der Waals surface area contributed by atoms with Crippen LogP contribution < -0.4 is 10.2 Å². The first-order chi connectivity index (χ1) is 13.2. The van der Waals surface area contributed by atoms with E-state index in [1.54, 1.807) is 4.68 Å². The van der Waals surface area contributed by atoms with Crippen LogP contribution in [-0.2, 0) is 4.79 Å². The van der Waals surface area contributed by atoms with Gasteiger partial charge in [-0.05, 0) is 54.2 Å². The van der Waals surface area contributed by atoms with Crippen molar-refractivity contribution >= 4 is 11.9 Å². The average Bonchev–Trinajstić information content (AvgIpc) is 3.20. The zero-order valence-corrected chi connectivity index (χ0v) is 15.9. The van der Waals surface area contributed by atoms with Crippen LogP contribution in [-0.4, -0.2) is 45.2 Å². The number of hydrogen-bond donors (Lipinski definition) is 1. The van der Waals surface area contributed by atoms with Crippen LogP contribution in [0.5, 0.6) is 0 Å². The molecule has 2 unspecified atom stereocenters. The summed E-state index contributed by atoms with van der Waals surface area (Å²) >= 11 is 0.